The number of ketones is 1. The molecule has 0 saturated carbocycles. The Kier molecular flexibility index (Phi) is 4.08. The van der Waals surface area contributed by atoms with Crippen LogP contribution in [-0.2, 0) is 4.79 Å². The highest BCUT2D eigenvalue weighted by molar-refractivity contribution is 5.87. The molecule has 0 saturated heterocycles. The standard InChI is InChI=1S/C17H16O/c1-14(18)12-13-17(15-8-4-2-5-9-15)16-10-6-3-7-11-16/h2-13,17H,1H3. The third kappa shape index (κ3) is 3.17. The van der Waals surface area contributed by atoms with Crippen LogP contribution >= 0.6 is 0 Å². The van der Waals surface area contributed by atoms with E-state index in [9.17, 15) is 4.79 Å². The van der Waals surface area contributed by atoms with Crippen molar-refractivity contribution < 1.29 is 4.79 Å². The van der Waals surface area contributed by atoms with Crippen molar-refractivity contribution in [3.8, 4) is 0 Å². The first-order valence-electron chi connectivity index (χ1n) is 6.06. The van der Waals surface area contributed by atoms with E-state index in [1.165, 1.54) is 11.1 Å². The Morgan fingerprint density at radius 1 is 0.889 bits per heavy atom. The number of hydrogen-bond donors (Lipinski definition) is 0. The molecule has 0 heterocycles. The van der Waals surface area contributed by atoms with E-state index in [4.69, 9.17) is 0 Å². The minimum absolute atomic E-state index is 0.0758. The molecule has 0 bridgehead atoms. The average Bonchev–Trinajstić information content (AvgIpc) is 2.41. The monoisotopic (exact) mass is 236 g/mol. The smallest absolute Gasteiger partial charge is 0.152 e. The van der Waals surface area contributed by atoms with Crippen LogP contribution in [0.25, 0.3) is 0 Å². The molecule has 0 aromatic heterocycles. The molecule has 0 N–H and O–H groups in total. The lowest BCUT2D eigenvalue weighted by Crippen LogP contribution is -1.98. The molecule has 0 unspecified atom stereocenters. The SMILES string of the molecule is CC(=O)C=CC(c1ccccc1)c1ccccc1. The molecule has 2 rings (SSSR count). The van der Waals surface area contributed by atoms with Crippen molar-refractivity contribution in [1.82, 2.24) is 0 Å². The molecule has 18 heavy (non-hydrogen) atoms. The molecule has 2 aromatic carbocycles. The van der Waals surface area contributed by atoms with Crippen LogP contribution in [0.1, 0.15) is 24.0 Å². The number of carbonyl (C=O) groups is 1. The number of carbonyl (C=O) groups excluding carboxylic acids is 1. The zero-order valence-corrected chi connectivity index (χ0v) is 10.4. The molecule has 0 atom stereocenters. The molecule has 0 radical (unpaired) electrons. The lowest BCUT2D eigenvalue weighted by atomic mass is 9.91. The summed E-state index contributed by atoms with van der Waals surface area (Å²) in [6.07, 6.45) is 3.61. The molecule has 1 nitrogen and oxygen atoms in total. The van der Waals surface area contributed by atoms with Gasteiger partial charge in [0.05, 0.1) is 0 Å². The summed E-state index contributed by atoms with van der Waals surface area (Å²) in [6, 6.07) is 20.4. The molecule has 0 aliphatic heterocycles. The Morgan fingerprint density at radius 3 is 1.72 bits per heavy atom. The molecule has 90 valence electrons. The van der Waals surface area contributed by atoms with Crippen LogP contribution < -0.4 is 0 Å². The summed E-state index contributed by atoms with van der Waals surface area (Å²) in [5.41, 5.74) is 2.39. The van der Waals surface area contributed by atoms with Crippen LogP contribution in [0.2, 0.25) is 0 Å². The molecule has 0 fully saturated rings. The second-order valence-electron chi connectivity index (χ2n) is 4.27. The van der Waals surface area contributed by atoms with Gasteiger partial charge in [0.2, 0.25) is 0 Å². The maximum Gasteiger partial charge on any atom is 0.152 e. The van der Waals surface area contributed by atoms with Crippen molar-refractivity contribution in [2.75, 3.05) is 0 Å². The summed E-state index contributed by atoms with van der Waals surface area (Å²) in [7, 11) is 0. The Labute approximate surface area is 108 Å². The van der Waals surface area contributed by atoms with Crippen molar-refractivity contribution in [2.24, 2.45) is 0 Å². The van der Waals surface area contributed by atoms with Gasteiger partial charge in [-0.2, -0.15) is 0 Å². The summed E-state index contributed by atoms with van der Waals surface area (Å²) in [5, 5.41) is 0. The predicted octanol–water partition coefficient (Wildman–Crippen LogP) is 3.96. The first kappa shape index (κ1) is 12.3. The quantitative estimate of drug-likeness (QED) is 0.734. The van der Waals surface area contributed by atoms with Gasteiger partial charge in [0.25, 0.3) is 0 Å². The Bertz CT molecular complexity index is 487. The highest BCUT2D eigenvalue weighted by atomic mass is 16.1. The van der Waals surface area contributed by atoms with E-state index in [0.717, 1.165) is 0 Å². The van der Waals surface area contributed by atoms with Crippen LogP contribution in [0, 0.1) is 0 Å². The van der Waals surface area contributed by atoms with E-state index in [1.807, 2.05) is 42.5 Å². The van der Waals surface area contributed by atoms with Crippen LogP contribution in [0.3, 0.4) is 0 Å². The van der Waals surface area contributed by atoms with Crippen molar-refractivity contribution >= 4 is 5.78 Å². The number of allylic oxidation sites excluding steroid dienone is 2. The predicted molar refractivity (Wildman–Crippen MR) is 74.5 cm³/mol. The van der Waals surface area contributed by atoms with Gasteiger partial charge in [-0.1, -0.05) is 66.7 Å². The molecular formula is C17H16O. The van der Waals surface area contributed by atoms with E-state index in [1.54, 1.807) is 13.0 Å². The second-order valence-corrected chi connectivity index (χ2v) is 4.27. The van der Waals surface area contributed by atoms with Gasteiger partial charge in [-0.15, -0.1) is 0 Å². The van der Waals surface area contributed by atoms with Gasteiger partial charge in [-0.25, -0.2) is 0 Å². The van der Waals surface area contributed by atoms with Gasteiger partial charge in [0, 0.05) is 5.92 Å². The minimum atomic E-state index is 0.0758. The molecular weight excluding hydrogens is 220 g/mol. The van der Waals surface area contributed by atoms with Crippen molar-refractivity contribution in [3.63, 3.8) is 0 Å². The molecule has 0 amide bonds. The first-order chi connectivity index (χ1) is 8.77. The Balaban J connectivity index is 2.38. The lowest BCUT2D eigenvalue weighted by Gasteiger charge is -2.13. The minimum Gasteiger partial charge on any atom is -0.295 e. The fourth-order valence-corrected chi connectivity index (χ4v) is 1.97. The van der Waals surface area contributed by atoms with Crippen molar-refractivity contribution in [2.45, 2.75) is 12.8 Å². The zero-order chi connectivity index (χ0) is 12.8. The van der Waals surface area contributed by atoms with Crippen LogP contribution in [-0.4, -0.2) is 5.78 Å². The fourth-order valence-electron chi connectivity index (χ4n) is 1.97. The summed E-state index contributed by atoms with van der Waals surface area (Å²) < 4.78 is 0. The fraction of sp³-hybridized carbons (Fsp3) is 0.118. The number of rotatable bonds is 4. The summed E-state index contributed by atoms with van der Waals surface area (Å²) in [5.74, 6) is 0.211. The van der Waals surface area contributed by atoms with E-state index in [0.29, 0.717) is 0 Å². The van der Waals surface area contributed by atoms with Crippen LogP contribution in [0.5, 0.6) is 0 Å². The lowest BCUT2D eigenvalue weighted by molar-refractivity contribution is -0.112. The van der Waals surface area contributed by atoms with Crippen molar-refractivity contribution in [3.05, 3.63) is 83.9 Å². The maximum atomic E-state index is 11.1. The van der Waals surface area contributed by atoms with Crippen LogP contribution in [0.4, 0.5) is 0 Å². The van der Waals surface area contributed by atoms with E-state index < -0.39 is 0 Å². The van der Waals surface area contributed by atoms with Crippen LogP contribution in [0.15, 0.2) is 72.8 Å². The Morgan fingerprint density at radius 2 is 1.33 bits per heavy atom. The summed E-state index contributed by atoms with van der Waals surface area (Å²) in [6.45, 7) is 1.57. The van der Waals surface area contributed by atoms with E-state index >= 15 is 0 Å². The van der Waals surface area contributed by atoms with E-state index in [-0.39, 0.29) is 11.7 Å². The Hall–Kier alpha value is -2.15. The molecule has 1 heteroatoms. The summed E-state index contributed by atoms with van der Waals surface area (Å²) >= 11 is 0. The van der Waals surface area contributed by atoms with Gasteiger partial charge in [0.15, 0.2) is 5.78 Å². The zero-order valence-electron chi connectivity index (χ0n) is 10.4. The van der Waals surface area contributed by atoms with Gasteiger partial charge in [-0.3, -0.25) is 4.79 Å². The maximum absolute atomic E-state index is 11.1. The summed E-state index contributed by atoms with van der Waals surface area (Å²) in [4.78, 5) is 11.1. The third-order valence-corrected chi connectivity index (χ3v) is 2.84. The number of hydrogen-bond acceptors (Lipinski definition) is 1. The molecule has 0 aliphatic rings. The third-order valence-electron chi connectivity index (χ3n) is 2.84. The van der Waals surface area contributed by atoms with Gasteiger partial charge >= 0.3 is 0 Å². The highest BCUT2D eigenvalue weighted by Gasteiger charge is 2.09. The average molecular weight is 236 g/mol. The van der Waals surface area contributed by atoms with Gasteiger partial charge in [-0.05, 0) is 24.1 Å². The second kappa shape index (κ2) is 5.97. The topological polar surface area (TPSA) is 17.1 Å². The molecule has 2 aromatic rings. The van der Waals surface area contributed by atoms with Crippen molar-refractivity contribution in [1.29, 1.82) is 0 Å². The molecule has 0 aliphatic carbocycles. The molecule has 0 spiro atoms. The highest BCUT2D eigenvalue weighted by Crippen LogP contribution is 2.25. The normalized spacial score (nSPS) is 11.0. The first-order valence-corrected chi connectivity index (χ1v) is 6.06. The van der Waals surface area contributed by atoms with Gasteiger partial charge < -0.3 is 0 Å². The van der Waals surface area contributed by atoms with E-state index in [2.05, 4.69) is 24.3 Å². The largest absolute Gasteiger partial charge is 0.295 e. The number of benzene rings is 2. The van der Waals surface area contributed by atoms with Gasteiger partial charge in [0.1, 0.15) is 0 Å².